The highest BCUT2D eigenvalue weighted by atomic mass is 16.4. The van der Waals surface area contributed by atoms with Gasteiger partial charge in [-0.3, -0.25) is 14.4 Å². The van der Waals surface area contributed by atoms with E-state index >= 15 is 0 Å². The van der Waals surface area contributed by atoms with Crippen LogP contribution in [-0.4, -0.2) is 32.7 Å². The molecule has 25 heavy (non-hydrogen) atoms. The number of aliphatic carboxylic acids is 1. The molecule has 0 radical (unpaired) electrons. The fourth-order valence-corrected chi connectivity index (χ4v) is 2.38. The Morgan fingerprint density at radius 3 is 2.44 bits per heavy atom. The zero-order valence-corrected chi connectivity index (χ0v) is 13.2. The van der Waals surface area contributed by atoms with E-state index in [1.54, 1.807) is 48.8 Å². The van der Waals surface area contributed by atoms with E-state index in [1.807, 2.05) is 0 Å². The highest BCUT2D eigenvalue weighted by molar-refractivity contribution is 6.06. The van der Waals surface area contributed by atoms with Crippen LogP contribution in [0.2, 0.25) is 0 Å². The number of ketones is 1. The van der Waals surface area contributed by atoms with Crippen molar-refractivity contribution in [1.29, 1.82) is 0 Å². The molecule has 0 fully saturated rings. The molecule has 1 heterocycles. The molecule has 1 aromatic heterocycles. The predicted octanol–water partition coefficient (Wildman–Crippen LogP) is 2.86. The first kappa shape index (κ1) is 16.4. The first-order valence-corrected chi connectivity index (χ1v) is 7.62. The summed E-state index contributed by atoms with van der Waals surface area (Å²) in [5, 5.41) is 11.4. The first-order valence-electron chi connectivity index (χ1n) is 7.62. The molecule has 7 nitrogen and oxygen atoms in total. The van der Waals surface area contributed by atoms with E-state index in [0.717, 1.165) is 11.0 Å². The Bertz CT molecular complexity index is 944. The smallest absolute Gasteiger partial charge is 0.303 e. The summed E-state index contributed by atoms with van der Waals surface area (Å²) >= 11 is 0. The second kappa shape index (κ2) is 6.96. The van der Waals surface area contributed by atoms with E-state index in [1.165, 1.54) is 0 Å². The molecule has 3 rings (SSSR count). The second-order valence-electron chi connectivity index (χ2n) is 5.48. The van der Waals surface area contributed by atoms with Gasteiger partial charge in [0.05, 0.1) is 23.8 Å². The van der Waals surface area contributed by atoms with Gasteiger partial charge >= 0.3 is 5.97 Å². The number of aromatic nitrogens is 2. The summed E-state index contributed by atoms with van der Waals surface area (Å²) in [4.78, 5) is 41.7. The van der Waals surface area contributed by atoms with Crippen molar-refractivity contribution in [2.45, 2.75) is 12.8 Å². The maximum absolute atomic E-state index is 12.3. The number of carbonyl (C=O) groups is 3. The summed E-state index contributed by atoms with van der Waals surface area (Å²) in [6.45, 7) is 0. The number of fused-ring (bicyclic) bond motifs is 1. The number of benzene rings is 2. The first-order chi connectivity index (χ1) is 12.0. The molecular weight excluding hydrogens is 322 g/mol. The molecule has 3 N–H and O–H groups in total. The van der Waals surface area contributed by atoms with Gasteiger partial charge in [0.15, 0.2) is 5.78 Å². The highest BCUT2D eigenvalue weighted by Gasteiger charge is 2.10. The maximum Gasteiger partial charge on any atom is 0.303 e. The van der Waals surface area contributed by atoms with Gasteiger partial charge in [0.25, 0.3) is 5.91 Å². The molecule has 0 unspecified atom stereocenters. The number of anilines is 1. The number of Topliss-reactive ketones (excluding diaryl/α,β-unsaturated/α-hetero) is 1. The Morgan fingerprint density at radius 2 is 1.72 bits per heavy atom. The number of nitrogens with zero attached hydrogens (tertiary/aromatic N) is 1. The van der Waals surface area contributed by atoms with Gasteiger partial charge in [-0.05, 0) is 42.5 Å². The molecule has 126 valence electrons. The molecule has 0 saturated carbocycles. The minimum Gasteiger partial charge on any atom is -0.481 e. The van der Waals surface area contributed by atoms with Crippen LogP contribution in [0.15, 0.2) is 48.8 Å². The van der Waals surface area contributed by atoms with Crippen molar-refractivity contribution in [1.82, 2.24) is 9.97 Å². The monoisotopic (exact) mass is 337 g/mol. The molecule has 0 saturated heterocycles. The number of imidazole rings is 1. The van der Waals surface area contributed by atoms with E-state index in [0.29, 0.717) is 16.8 Å². The van der Waals surface area contributed by atoms with Crippen LogP contribution >= 0.6 is 0 Å². The molecule has 0 bridgehead atoms. The zero-order chi connectivity index (χ0) is 17.8. The minimum absolute atomic E-state index is 0.0504. The Hall–Kier alpha value is -3.48. The number of rotatable bonds is 6. The average Bonchev–Trinajstić information content (AvgIpc) is 3.08. The van der Waals surface area contributed by atoms with Gasteiger partial charge in [0.1, 0.15) is 0 Å². The lowest BCUT2D eigenvalue weighted by atomic mass is 10.1. The van der Waals surface area contributed by atoms with E-state index in [4.69, 9.17) is 5.11 Å². The van der Waals surface area contributed by atoms with Crippen molar-refractivity contribution in [2.24, 2.45) is 0 Å². The minimum atomic E-state index is -1.01. The summed E-state index contributed by atoms with van der Waals surface area (Å²) in [5.41, 5.74) is 2.99. The van der Waals surface area contributed by atoms with Crippen molar-refractivity contribution >= 4 is 34.4 Å². The summed E-state index contributed by atoms with van der Waals surface area (Å²) in [6, 6.07) is 11.5. The summed E-state index contributed by atoms with van der Waals surface area (Å²) < 4.78 is 0. The third kappa shape index (κ3) is 3.89. The average molecular weight is 337 g/mol. The van der Waals surface area contributed by atoms with E-state index in [2.05, 4.69) is 15.3 Å². The Balaban J connectivity index is 1.67. The summed E-state index contributed by atoms with van der Waals surface area (Å²) in [6.07, 6.45) is 1.31. The third-order valence-electron chi connectivity index (χ3n) is 3.71. The van der Waals surface area contributed by atoms with E-state index in [-0.39, 0.29) is 24.5 Å². The molecule has 0 spiro atoms. The van der Waals surface area contributed by atoms with E-state index in [9.17, 15) is 14.4 Å². The molecule has 0 aliphatic carbocycles. The number of carbonyl (C=O) groups excluding carboxylic acids is 2. The van der Waals surface area contributed by atoms with Crippen LogP contribution in [0.25, 0.3) is 11.0 Å². The fraction of sp³-hybridized carbons (Fsp3) is 0.111. The van der Waals surface area contributed by atoms with Crippen LogP contribution in [0.5, 0.6) is 0 Å². The SMILES string of the molecule is O=C(O)CCC(=O)c1ccc(NC(=O)c2ccc3nc[nH]c3c2)cc1. The van der Waals surface area contributed by atoms with Gasteiger partial charge in [-0.15, -0.1) is 0 Å². The molecule has 3 aromatic rings. The maximum atomic E-state index is 12.3. The third-order valence-corrected chi connectivity index (χ3v) is 3.71. The number of hydrogen-bond acceptors (Lipinski definition) is 4. The number of carboxylic acid groups (broad SMARTS) is 1. The van der Waals surface area contributed by atoms with Crippen molar-refractivity contribution in [3.8, 4) is 0 Å². The van der Waals surface area contributed by atoms with E-state index < -0.39 is 5.97 Å². The largest absolute Gasteiger partial charge is 0.481 e. The molecule has 0 aliphatic heterocycles. The van der Waals surface area contributed by atoms with Gasteiger partial charge in [0.2, 0.25) is 0 Å². The number of H-pyrrole nitrogens is 1. The molecule has 7 heteroatoms. The number of aromatic amines is 1. The molecule has 2 aromatic carbocycles. The van der Waals surface area contributed by atoms with Crippen LogP contribution in [-0.2, 0) is 4.79 Å². The molecule has 0 aliphatic rings. The van der Waals surface area contributed by atoms with Crippen LogP contribution < -0.4 is 5.32 Å². The number of amides is 1. The zero-order valence-electron chi connectivity index (χ0n) is 13.2. The van der Waals surface area contributed by atoms with Crippen molar-refractivity contribution in [3.05, 3.63) is 59.9 Å². The number of nitrogens with one attached hydrogen (secondary N) is 2. The molecule has 0 atom stereocenters. The summed E-state index contributed by atoms with van der Waals surface area (Å²) in [7, 11) is 0. The van der Waals surface area contributed by atoms with Crippen LogP contribution in [0.1, 0.15) is 33.6 Å². The predicted molar refractivity (Wildman–Crippen MR) is 91.7 cm³/mol. The van der Waals surface area contributed by atoms with Crippen LogP contribution in [0.3, 0.4) is 0 Å². The van der Waals surface area contributed by atoms with Gasteiger partial charge < -0.3 is 15.4 Å². The Morgan fingerprint density at radius 1 is 1.00 bits per heavy atom. The summed E-state index contributed by atoms with van der Waals surface area (Å²) in [5.74, 6) is -1.53. The van der Waals surface area contributed by atoms with Crippen LogP contribution in [0, 0.1) is 0 Å². The lowest BCUT2D eigenvalue weighted by Crippen LogP contribution is -2.12. The Labute approximate surface area is 142 Å². The van der Waals surface area contributed by atoms with Gasteiger partial charge in [-0.2, -0.15) is 0 Å². The topological polar surface area (TPSA) is 112 Å². The molecular formula is C18H15N3O4. The Kier molecular flexibility index (Phi) is 4.56. The van der Waals surface area contributed by atoms with Gasteiger partial charge in [-0.1, -0.05) is 0 Å². The van der Waals surface area contributed by atoms with Gasteiger partial charge in [-0.25, -0.2) is 4.98 Å². The number of hydrogen-bond donors (Lipinski definition) is 3. The molecule has 1 amide bonds. The quantitative estimate of drug-likeness (QED) is 0.599. The normalized spacial score (nSPS) is 10.6. The standard InChI is InChI=1S/C18H15N3O4/c22-16(7-8-17(23)24)11-1-4-13(5-2-11)21-18(25)12-3-6-14-15(9-12)20-10-19-14/h1-6,9-10H,7-8H2,(H,19,20)(H,21,25)(H,23,24). The number of carboxylic acids is 1. The highest BCUT2D eigenvalue weighted by Crippen LogP contribution is 2.16. The van der Waals surface area contributed by atoms with Crippen molar-refractivity contribution < 1.29 is 19.5 Å². The van der Waals surface area contributed by atoms with Crippen molar-refractivity contribution in [2.75, 3.05) is 5.32 Å². The fourth-order valence-electron chi connectivity index (χ4n) is 2.38. The lowest BCUT2D eigenvalue weighted by molar-refractivity contribution is -0.136. The van der Waals surface area contributed by atoms with Crippen LogP contribution in [0.4, 0.5) is 5.69 Å². The lowest BCUT2D eigenvalue weighted by Gasteiger charge is -2.06. The second-order valence-corrected chi connectivity index (χ2v) is 5.48. The van der Waals surface area contributed by atoms with Gasteiger partial charge in [0, 0.05) is 23.2 Å². The van der Waals surface area contributed by atoms with Crippen molar-refractivity contribution in [3.63, 3.8) is 0 Å².